The predicted molar refractivity (Wildman–Crippen MR) is 319 cm³/mol. The summed E-state index contributed by atoms with van der Waals surface area (Å²) < 4.78 is 0. The molecule has 0 spiro atoms. The van der Waals surface area contributed by atoms with Gasteiger partial charge in [-0.2, -0.15) is 0 Å². The monoisotopic (exact) mass is 988 g/mol. The van der Waals surface area contributed by atoms with Crippen LogP contribution >= 0.6 is 45.3 Å². The highest BCUT2D eigenvalue weighted by molar-refractivity contribution is 7.25. The van der Waals surface area contributed by atoms with Crippen molar-refractivity contribution in [1.29, 1.82) is 0 Å². The molecule has 2 aliphatic rings. The number of thiophene rings is 4. The Kier molecular flexibility index (Phi) is 16.6. The Morgan fingerprint density at radius 3 is 1.73 bits per heavy atom. The summed E-state index contributed by atoms with van der Waals surface area (Å²) in [5, 5.41) is 2.23. The second-order valence-electron chi connectivity index (χ2n) is 17.2. The van der Waals surface area contributed by atoms with Crippen LogP contribution in [0.25, 0.3) is 81.2 Å². The quantitative estimate of drug-likeness (QED) is 0.113. The Morgan fingerprint density at radius 1 is 0.521 bits per heavy atom. The van der Waals surface area contributed by atoms with Gasteiger partial charge in [-0.1, -0.05) is 200 Å². The molecule has 0 aliphatic heterocycles. The van der Waals surface area contributed by atoms with Crippen molar-refractivity contribution in [3.05, 3.63) is 280 Å². The Balaban J connectivity index is 0.000000170. The van der Waals surface area contributed by atoms with Gasteiger partial charge in [0.2, 0.25) is 0 Å². The van der Waals surface area contributed by atoms with E-state index in [2.05, 4.69) is 251 Å². The maximum Gasteiger partial charge on any atom is 0.0449 e. The van der Waals surface area contributed by atoms with Crippen LogP contribution in [0.5, 0.6) is 0 Å². The normalized spacial score (nSPS) is 13.7. The van der Waals surface area contributed by atoms with Crippen molar-refractivity contribution in [2.75, 3.05) is 0 Å². The van der Waals surface area contributed by atoms with Gasteiger partial charge in [-0.25, -0.2) is 0 Å². The third kappa shape index (κ3) is 12.4. The molecule has 0 saturated carbocycles. The van der Waals surface area contributed by atoms with E-state index in [1.807, 2.05) is 57.5 Å². The van der Waals surface area contributed by atoms with Crippen LogP contribution in [0.15, 0.2) is 243 Å². The number of benzene rings is 5. The molecule has 4 heterocycles. The molecule has 9 aromatic rings. The van der Waals surface area contributed by atoms with Gasteiger partial charge in [0.25, 0.3) is 0 Å². The first-order valence-electron chi connectivity index (χ1n) is 24.0. The van der Waals surface area contributed by atoms with Gasteiger partial charge in [0.05, 0.1) is 0 Å². The maximum atomic E-state index is 4.09. The summed E-state index contributed by atoms with van der Waals surface area (Å²) in [7, 11) is 0. The molecule has 5 aromatic carbocycles. The third-order valence-corrected chi connectivity index (χ3v) is 17.3. The lowest BCUT2D eigenvalue weighted by atomic mass is 9.95. The van der Waals surface area contributed by atoms with Crippen LogP contribution in [-0.2, 0) is 6.42 Å². The number of allylic oxidation sites excluding steroid dienone is 10. The summed E-state index contributed by atoms with van der Waals surface area (Å²) in [6.07, 6.45) is 26.4. The van der Waals surface area contributed by atoms with Crippen molar-refractivity contribution < 1.29 is 0 Å². The molecule has 0 amide bonds. The van der Waals surface area contributed by atoms with Crippen LogP contribution in [0.4, 0.5) is 0 Å². The summed E-state index contributed by atoms with van der Waals surface area (Å²) in [5.74, 6) is 0. The molecule has 0 atom stereocenters. The molecule has 2 aliphatic carbocycles. The second kappa shape index (κ2) is 24.1. The minimum Gasteiger partial charge on any atom is -0.134 e. The fourth-order valence-electron chi connectivity index (χ4n) is 8.66. The Hall–Kier alpha value is -7.18. The summed E-state index contributed by atoms with van der Waals surface area (Å²) in [4.78, 5) is 10.6. The number of fused-ring (bicyclic) bond motifs is 1. The Morgan fingerprint density at radius 2 is 1.07 bits per heavy atom. The van der Waals surface area contributed by atoms with Gasteiger partial charge in [-0.3, -0.25) is 0 Å². The van der Waals surface area contributed by atoms with E-state index in [1.165, 1.54) is 99.9 Å². The van der Waals surface area contributed by atoms with Crippen molar-refractivity contribution >= 4 is 75.7 Å². The van der Waals surface area contributed by atoms with E-state index >= 15 is 0 Å². The summed E-state index contributed by atoms with van der Waals surface area (Å²) in [6, 6.07) is 63.2. The third-order valence-electron chi connectivity index (χ3n) is 12.4. The average molecular weight is 989 g/mol. The minimum absolute atomic E-state index is 0.943. The molecule has 0 saturated heterocycles. The number of hydrogen-bond donors (Lipinski definition) is 0. The molecule has 0 N–H and O–H groups in total. The van der Waals surface area contributed by atoms with E-state index in [1.54, 1.807) is 0 Å². The molecule has 71 heavy (non-hydrogen) atoms. The highest BCUT2D eigenvalue weighted by Gasteiger charge is 2.14. The Labute approximate surface area is 436 Å². The molecule has 4 heteroatoms. The lowest BCUT2D eigenvalue weighted by Gasteiger charge is -2.11. The van der Waals surface area contributed by atoms with Crippen molar-refractivity contribution in [3.8, 4) is 50.8 Å². The van der Waals surface area contributed by atoms with Crippen molar-refractivity contribution in [2.45, 2.75) is 32.6 Å². The molecule has 0 radical (unpaired) electrons. The SMILES string of the molecule is C1=Cc2cccc(Cc3cccc(-c4ccc(-c5ccc(-c6ccccc6)s5)s4)c3)c2C=CC1.C=C.C=c1cccc/c1=C/C=C\C/C(C)=C1\C=C(c2ccc(-c3ccc(-c4ccccc4)s3)s2)C=CC1. The first-order valence-corrected chi connectivity index (χ1v) is 27.3. The standard InChI is InChI=1S/C33H28S2.C32H24S2.C2H4/c1-24-11-6-8-13-26(24)14-9-7-12-25(2)28-17-10-18-29(23-28)31-20-22-33(35-31)32-21-19-30(34-32)27-15-4-3-5-16-27;1-4-11-25(12-5-1)29-17-19-31(33-29)32-20-18-30(34-32)27-15-7-9-23(22-27)21-26-14-8-13-24-10-3-2-6-16-28(24)26;1-2/h3-11,13-16,18-23H,1,12,17H2,2H3;1,3-20,22H,2,21H2;1-2H2/b9-7-,26-14-,28-25-;;. The topological polar surface area (TPSA) is 0 Å². The van der Waals surface area contributed by atoms with Gasteiger partial charge in [-0.05, 0) is 142 Å². The van der Waals surface area contributed by atoms with Crippen LogP contribution in [-0.4, -0.2) is 0 Å². The van der Waals surface area contributed by atoms with E-state index in [0.29, 0.717) is 0 Å². The largest absolute Gasteiger partial charge is 0.134 e. The van der Waals surface area contributed by atoms with E-state index in [4.69, 9.17) is 0 Å². The van der Waals surface area contributed by atoms with Crippen molar-refractivity contribution in [2.24, 2.45) is 0 Å². The smallest absolute Gasteiger partial charge is 0.0449 e. The van der Waals surface area contributed by atoms with Crippen LogP contribution in [0, 0.1) is 0 Å². The molecular weight excluding hydrogens is 933 g/mol. The fourth-order valence-corrected chi connectivity index (χ4v) is 12.9. The lowest BCUT2D eigenvalue weighted by molar-refractivity contribution is 1.11. The van der Waals surface area contributed by atoms with Gasteiger partial charge >= 0.3 is 0 Å². The molecule has 4 aromatic heterocycles. The molecule has 0 unspecified atom stereocenters. The highest BCUT2D eigenvalue weighted by Crippen LogP contribution is 2.42. The van der Waals surface area contributed by atoms with E-state index < -0.39 is 0 Å². The van der Waals surface area contributed by atoms with Crippen LogP contribution < -0.4 is 10.4 Å². The zero-order valence-electron chi connectivity index (χ0n) is 40.1. The zero-order chi connectivity index (χ0) is 48.8. The van der Waals surface area contributed by atoms with E-state index in [9.17, 15) is 0 Å². The summed E-state index contributed by atoms with van der Waals surface area (Å²) >= 11 is 7.49. The Bertz CT molecular complexity index is 3540. The maximum absolute atomic E-state index is 4.09. The van der Waals surface area contributed by atoms with Crippen LogP contribution in [0.2, 0.25) is 0 Å². The fraction of sp³-hybridized carbons (Fsp3) is 0.0746. The average Bonchev–Trinajstić information content (AvgIpc) is 4.27. The van der Waals surface area contributed by atoms with Crippen LogP contribution in [0.3, 0.4) is 0 Å². The number of hydrogen-bond acceptors (Lipinski definition) is 4. The van der Waals surface area contributed by atoms with Crippen molar-refractivity contribution in [3.63, 3.8) is 0 Å². The lowest BCUT2D eigenvalue weighted by Crippen LogP contribution is -2.21. The molecule has 11 rings (SSSR count). The first-order chi connectivity index (χ1) is 35.0. The van der Waals surface area contributed by atoms with Gasteiger partial charge in [0, 0.05) is 39.0 Å². The highest BCUT2D eigenvalue weighted by atomic mass is 32.1. The molecule has 0 fully saturated rings. The van der Waals surface area contributed by atoms with Gasteiger partial charge in [0.1, 0.15) is 0 Å². The van der Waals surface area contributed by atoms with E-state index in [0.717, 1.165) is 30.9 Å². The number of rotatable bonds is 11. The molecule has 348 valence electrons. The predicted octanol–water partition coefficient (Wildman–Crippen LogP) is 19.3. The zero-order valence-corrected chi connectivity index (χ0v) is 43.4. The van der Waals surface area contributed by atoms with Crippen LogP contribution in [0.1, 0.15) is 53.3 Å². The second-order valence-corrected chi connectivity index (χ2v) is 21.6. The molecule has 0 bridgehead atoms. The summed E-state index contributed by atoms with van der Waals surface area (Å²) in [6.45, 7) is 12.3. The van der Waals surface area contributed by atoms with Gasteiger partial charge in [-0.15, -0.1) is 58.5 Å². The summed E-state index contributed by atoms with van der Waals surface area (Å²) in [5.41, 5.74) is 13.4. The van der Waals surface area contributed by atoms with Gasteiger partial charge in [0.15, 0.2) is 0 Å². The van der Waals surface area contributed by atoms with E-state index in [-0.39, 0.29) is 0 Å². The first kappa shape index (κ1) is 48.8. The van der Waals surface area contributed by atoms with Gasteiger partial charge < -0.3 is 0 Å². The minimum atomic E-state index is 0.943. The molecule has 0 nitrogen and oxygen atoms in total. The van der Waals surface area contributed by atoms with Crippen molar-refractivity contribution in [1.82, 2.24) is 0 Å². The molecular formula is C67H56S4.